The molecular weight excluding hydrogens is 376 g/mol. The summed E-state index contributed by atoms with van der Waals surface area (Å²) in [5, 5.41) is 8.58. The second-order valence-electron chi connectivity index (χ2n) is 7.35. The number of rotatable bonds is 3. The topological polar surface area (TPSA) is 73.5 Å². The smallest absolute Gasteiger partial charge is 0.320 e. The number of carbonyl (C=O) groups excluding carboxylic acids is 2. The van der Waals surface area contributed by atoms with Crippen LogP contribution in [0.15, 0.2) is 72.8 Å². The minimum absolute atomic E-state index is 0.140. The van der Waals surface area contributed by atoms with E-state index in [1.54, 1.807) is 6.07 Å². The van der Waals surface area contributed by atoms with Crippen LogP contribution in [0.1, 0.15) is 16.7 Å². The number of carbonyl (C=O) groups is 2. The molecule has 0 radical (unpaired) electrons. The van der Waals surface area contributed by atoms with Gasteiger partial charge in [0.2, 0.25) is 0 Å². The number of hydrogen-bond acceptors (Lipinski definition) is 2. The predicted octanol–water partition coefficient (Wildman–Crippen LogP) is 5.23. The highest BCUT2D eigenvalue weighted by Gasteiger charge is 2.20. The molecule has 6 heteroatoms. The van der Waals surface area contributed by atoms with Gasteiger partial charge in [0.25, 0.3) is 0 Å². The van der Waals surface area contributed by atoms with Crippen LogP contribution in [0.25, 0.3) is 0 Å². The average Bonchev–Trinajstić information content (AvgIpc) is 2.76. The molecule has 4 rings (SSSR count). The van der Waals surface area contributed by atoms with Crippen LogP contribution in [0.5, 0.6) is 0 Å². The third kappa shape index (κ3) is 4.60. The molecule has 0 bridgehead atoms. The summed E-state index contributed by atoms with van der Waals surface area (Å²) in [4.78, 5) is 26.9. The Balaban J connectivity index is 1.41. The third-order valence-electron chi connectivity index (χ3n) is 5.19. The van der Waals surface area contributed by atoms with Gasteiger partial charge in [-0.15, -0.1) is 0 Å². The molecule has 1 aliphatic heterocycles. The maximum absolute atomic E-state index is 12.8. The Morgan fingerprint density at radius 1 is 0.800 bits per heavy atom. The van der Waals surface area contributed by atoms with E-state index < -0.39 is 0 Å². The van der Waals surface area contributed by atoms with Crippen molar-refractivity contribution < 1.29 is 9.59 Å². The van der Waals surface area contributed by atoms with Gasteiger partial charge in [0.15, 0.2) is 0 Å². The predicted molar refractivity (Wildman–Crippen MR) is 120 cm³/mol. The fourth-order valence-corrected chi connectivity index (χ4v) is 3.51. The lowest BCUT2D eigenvalue weighted by molar-refractivity contribution is 0.206. The molecule has 0 fully saturated rings. The Labute approximate surface area is 175 Å². The molecule has 1 aliphatic rings. The highest BCUT2D eigenvalue weighted by atomic mass is 16.2. The van der Waals surface area contributed by atoms with E-state index in [9.17, 15) is 9.59 Å². The minimum atomic E-state index is -0.338. The molecular formula is C24H24N4O2. The number of aryl methyl sites for hydroxylation is 1. The normalized spacial score (nSPS) is 12.6. The summed E-state index contributed by atoms with van der Waals surface area (Å²) >= 11 is 0. The van der Waals surface area contributed by atoms with Crippen molar-refractivity contribution in [1.82, 2.24) is 4.90 Å². The van der Waals surface area contributed by atoms with Crippen molar-refractivity contribution in [2.45, 2.75) is 19.9 Å². The summed E-state index contributed by atoms with van der Waals surface area (Å²) < 4.78 is 0. The van der Waals surface area contributed by atoms with Crippen molar-refractivity contribution in [2.24, 2.45) is 0 Å². The van der Waals surface area contributed by atoms with Crippen LogP contribution in [-0.2, 0) is 13.0 Å². The van der Waals surface area contributed by atoms with Crippen molar-refractivity contribution >= 4 is 29.1 Å². The lowest BCUT2D eigenvalue weighted by Gasteiger charge is -2.29. The second-order valence-corrected chi connectivity index (χ2v) is 7.35. The zero-order valence-electron chi connectivity index (χ0n) is 16.8. The molecule has 0 aromatic heterocycles. The van der Waals surface area contributed by atoms with Crippen molar-refractivity contribution in [1.29, 1.82) is 0 Å². The first-order chi connectivity index (χ1) is 14.6. The van der Waals surface area contributed by atoms with Gasteiger partial charge in [0, 0.05) is 30.2 Å². The number of hydrogen-bond donors (Lipinski definition) is 3. The molecule has 6 nitrogen and oxygen atoms in total. The van der Waals surface area contributed by atoms with Crippen molar-refractivity contribution in [3.05, 3.63) is 89.5 Å². The fraction of sp³-hybridized carbons (Fsp3) is 0.167. The Bertz CT molecular complexity index is 1070. The van der Waals surface area contributed by atoms with E-state index in [0.717, 1.165) is 12.0 Å². The van der Waals surface area contributed by atoms with E-state index in [1.807, 2.05) is 66.4 Å². The van der Waals surface area contributed by atoms with Gasteiger partial charge in [-0.1, -0.05) is 48.5 Å². The SMILES string of the molecule is Cc1ccc(NC(=O)Nc2ccccc2)cc1NC(=O)N1CCc2ccccc2C1. The molecule has 0 atom stereocenters. The summed E-state index contributed by atoms with van der Waals surface area (Å²) in [6.07, 6.45) is 0.851. The summed E-state index contributed by atoms with van der Waals surface area (Å²) in [6.45, 7) is 3.20. The lowest BCUT2D eigenvalue weighted by atomic mass is 10.0. The molecule has 152 valence electrons. The summed E-state index contributed by atoms with van der Waals surface area (Å²) in [5.74, 6) is 0. The monoisotopic (exact) mass is 400 g/mol. The quantitative estimate of drug-likeness (QED) is 0.563. The Hall–Kier alpha value is -3.80. The maximum atomic E-state index is 12.8. The number of para-hydroxylation sites is 1. The van der Waals surface area contributed by atoms with Crippen LogP contribution in [0.2, 0.25) is 0 Å². The molecule has 0 saturated heterocycles. The van der Waals surface area contributed by atoms with Gasteiger partial charge in [-0.2, -0.15) is 0 Å². The molecule has 3 aromatic carbocycles. The van der Waals surface area contributed by atoms with E-state index in [4.69, 9.17) is 0 Å². The number of benzene rings is 3. The van der Waals surface area contributed by atoms with E-state index in [1.165, 1.54) is 11.1 Å². The van der Waals surface area contributed by atoms with Gasteiger partial charge in [-0.25, -0.2) is 9.59 Å². The van der Waals surface area contributed by atoms with Gasteiger partial charge < -0.3 is 20.9 Å². The highest BCUT2D eigenvalue weighted by Crippen LogP contribution is 2.23. The minimum Gasteiger partial charge on any atom is -0.320 e. The fourth-order valence-electron chi connectivity index (χ4n) is 3.51. The van der Waals surface area contributed by atoms with Crippen LogP contribution in [0.4, 0.5) is 26.7 Å². The van der Waals surface area contributed by atoms with E-state index in [-0.39, 0.29) is 12.1 Å². The van der Waals surface area contributed by atoms with Crippen LogP contribution in [0.3, 0.4) is 0 Å². The number of amides is 4. The van der Waals surface area contributed by atoms with E-state index >= 15 is 0 Å². The third-order valence-corrected chi connectivity index (χ3v) is 5.19. The van der Waals surface area contributed by atoms with Gasteiger partial charge in [0.1, 0.15) is 0 Å². The van der Waals surface area contributed by atoms with Crippen LogP contribution in [0, 0.1) is 6.92 Å². The molecule has 3 N–H and O–H groups in total. The summed E-state index contributed by atoms with van der Waals surface area (Å²) in [5.41, 5.74) is 5.40. The Morgan fingerprint density at radius 3 is 2.30 bits per heavy atom. The van der Waals surface area contributed by atoms with Crippen LogP contribution < -0.4 is 16.0 Å². The molecule has 4 amide bonds. The standard InChI is InChI=1S/C24H24N4O2/c1-17-11-12-21(26-23(29)25-20-9-3-2-4-10-20)15-22(17)27-24(30)28-14-13-18-7-5-6-8-19(18)16-28/h2-12,15H,13-14,16H2,1H3,(H,27,30)(H2,25,26,29). The Morgan fingerprint density at radius 2 is 1.50 bits per heavy atom. The first-order valence-electron chi connectivity index (χ1n) is 9.95. The van der Waals surface area contributed by atoms with Crippen molar-refractivity contribution in [2.75, 3.05) is 22.5 Å². The summed E-state index contributed by atoms with van der Waals surface area (Å²) in [7, 11) is 0. The van der Waals surface area contributed by atoms with E-state index in [0.29, 0.717) is 30.2 Å². The van der Waals surface area contributed by atoms with E-state index in [2.05, 4.69) is 28.1 Å². The van der Waals surface area contributed by atoms with Gasteiger partial charge in [0.05, 0.1) is 0 Å². The highest BCUT2D eigenvalue weighted by molar-refractivity contribution is 6.00. The van der Waals surface area contributed by atoms with Crippen LogP contribution >= 0.6 is 0 Å². The number of nitrogens with one attached hydrogen (secondary N) is 3. The maximum Gasteiger partial charge on any atom is 0.323 e. The van der Waals surface area contributed by atoms with Crippen molar-refractivity contribution in [3.8, 4) is 0 Å². The van der Waals surface area contributed by atoms with Crippen LogP contribution in [-0.4, -0.2) is 23.5 Å². The summed E-state index contributed by atoms with van der Waals surface area (Å²) in [6, 6.07) is 22.4. The Kier molecular flexibility index (Phi) is 5.66. The molecule has 3 aromatic rings. The lowest BCUT2D eigenvalue weighted by Crippen LogP contribution is -2.39. The van der Waals surface area contributed by atoms with Gasteiger partial charge in [-0.05, 0) is 54.3 Å². The first kappa shape index (κ1) is 19.5. The molecule has 1 heterocycles. The van der Waals surface area contributed by atoms with Gasteiger partial charge >= 0.3 is 12.1 Å². The molecule has 0 spiro atoms. The van der Waals surface area contributed by atoms with Gasteiger partial charge in [-0.3, -0.25) is 0 Å². The molecule has 0 unspecified atom stereocenters. The first-order valence-corrected chi connectivity index (χ1v) is 9.95. The molecule has 0 saturated carbocycles. The number of anilines is 3. The average molecular weight is 400 g/mol. The number of nitrogens with zero attached hydrogens (tertiary/aromatic N) is 1. The number of fused-ring (bicyclic) bond motifs is 1. The zero-order chi connectivity index (χ0) is 20.9. The largest absolute Gasteiger partial charge is 0.323 e. The van der Waals surface area contributed by atoms with Crippen molar-refractivity contribution in [3.63, 3.8) is 0 Å². The second kappa shape index (κ2) is 8.69. The number of urea groups is 2. The zero-order valence-corrected chi connectivity index (χ0v) is 16.8. The molecule has 30 heavy (non-hydrogen) atoms. The molecule has 0 aliphatic carbocycles.